The molecule has 0 atom stereocenters. The second-order valence-electron chi connectivity index (χ2n) is 8.32. The van der Waals surface area contributed by atoms with Crippen LogP contribution in [0.1, 0.15) is 30.5 Å². The van der Waals surface area contributed by atoms with Crippen molar-refractivity contribution in [1.29, 1.82) is 5.26 Å². The fraction of sp³-hybridized carbons (Fsp3) is 0.172. The van der Waals surface area contributed by atoms with Crippen LogP contribution in [-0.2, 0) is 16.2 Å². The Morgan fingerprint density at radius 2 is 1.65 bits per heavy atom. The van der Waals surface area contributed by atoms with Crippen molar-refractivity contribution in [2.45, 2.75) is 20.5 Å². The highest BCUT2D eigenvalue weighted by atomic mass is 35.5. The summed E-state index contributed by atoms with van der Waals surface area (Å²) in [6, 6.07) is 15.8. The van der Waals surface area contributed by atoms with Gasteiger partial charge in [0.1, 0.15) is 23.7 Å². The number of halogens is 2. The summed E-state index contributed by atoms with van der Waals surface area (Å²) in [5.41, 5.74) is 1.22. The number of rotatable bonds is 9. The highest BCUT2D eigenvalue weighted by Crippen LogP contribution is 2.37. The summed E-state index contributed by atoms with van der Waals surface area (Å²) in [5.74, 6) is -0.914. The maximum absolute atomic E-state index is 13.5. The van der Waals surface area contributed by atoms with E-state index in [1.165, 1.54) is 24.3 Å². The average molecular weight is 580 g/mol. The van der Waals surface area contributed by atoms with Gasteiger partial charge in [-0.1, -0.05) is 41.4 Å². The molecule has 1 heterocycles. The normalized spacial score (nSPS) is 14.1. The standard InChI is InChI=1S/C29H23Cl2N3O6/c1-3-38-20-9-10-25(39-4-2)24(14-20)34-28(36)21(27(35)33-29(34)37)11-17-12-22(30)26(23(31)13-17)40-16-19-8-6-5-7-18(19)15-32/h5-14H,3-4,16H2,1-2H3,(H,33,35,37)/b21-11+. The Morgan fingerprint density at radius 1 is 0.950 bits per heavy atom. The maximum Gasteiger partial charge on any atom is 0.336 e. The number of nitrogens with zero attached hydrogens (tertiary/aromatic N) is 2. The minimum atomic E-state index is -0.931. The van der Waals surface area contributed by atoms with Crippen molar-refractivity contribution in [2.24, 2.45) is 0 Å². The molecule has 1 N–H and O–H groups in total. The van der Waals surface area contributed by atoms with Crippen molar-refractivity contribution >= 4 is 52.8 Å². The molecule has 4 amide bonds. The summed E-state index contributed by atoms with van der Waals surface area (Å²) < 4.78 is 16.9. The lowest BCUT2D eigenvalue weighted by atomic mass is 10.1. The van der Waals surface area contributed by atoms with Gasteiger partial charge in [0.05, 0.1) is 40.6 Å². The van der Waals surface area contributed by atoms with Gasteiger partial charge in [-0.25, -0.2) is 9.69 Å². The van der Waals surface area contributed by atoms with Gasteiger partial charge in [0.2, 0.25) is 0 Å². The molecule has 1 aliphatic rings. The van der Waals surface area contributed by atoms with E-state index in [2.05, 4.69) is 11.4 Å². The van der Waals surface area contributed by atoms with Crippen molar-refractivity contribution < 1.29 is 28.6 Å². The molecular formula is C29H23Cl2N3O6. The Morgan fingerprint density at radius 3 is 2.33 bits per heavy atom. The first-order valence-corrected chi connectivity index (χ1v) is 12.9. The van der Waals surface area contributed by atoms with Crippen LogP contribution in [0.2, 0.25) is 10.0 Å². The Hall–Kier alpha value is -4.52. The maximum atomic E-state index is 13.5. The molecule has 0 unspecified atom stereocenters. The van der Waals surface area contributed by atoms with E-state index < -0.39 is 17.8 Å². The molecule has 0 saturated carbocycles. The molecule has 0 spiro atoms. The van der Waals surface area contributed by atoms with Crippen molar-refractivity contribution in [1.82, 2.24) is 5.32 Å². The lowest BCUT2D eigenvalue weighted by molar-refractivity contribution is -0.122. The van der Waals surface area contributed by atoms with E-state index >= 15 is 0 Å². The van der Waals surface area contributed by atoms with Gasteiger partial charge >= 0.3 is 6.03 Å². The number of hydrogen-bond donors (Lipinski definition) is 1. The number of amides is 4. The quantitative estimate of drug-likeness (QED) is 0.247. The van der Waals surface area contributed by atoms with E-state index in [9.17, 15) is 19.6 Å². The fourth-order valence-electron chi connectivity index (χ4n) is 3.95. The topological polar surface area (TPSA) is 118 Å². The number of urea groups is 1. The third-order valence-electron chi connectivity index (χ3n) is 5.73. The van der Waals surface area contributed by atoms with Gasteiger partial charge in [0.15, 0.2) is 5.75 Å². The lowest BCUT2D eigenvalue weighted by Gasteiger charge is -2.28. The monoisotopic (exact) mass is 579 g/mol. The number of carbonyl (C=O) groups excluding carboxylic acids is 3. The van der Waals surface area contributed by atoms with E-state index in [4.69, 9.17) is 37.4 Å². The van der Waals surface area contributed by atoms with E-state index in [1.54, 1.807) is 50.2 Å². The van der Waals surface area contributed by atoms with Crippen LogP contribution in [0.3, 0.4) is 0 Å². The summed E-state index contributed by atoms with van der Waals surface area (Å²) in [6.45, 7) is 4.25. The van der Waals surface area contributed by atoms with Crippen LogP contribution < -0.4 is 24.4 Å². The van der Waals surface area contributed by atoms with Crippen LogP contribution in [-0.4, -0.2) is 31.1 Å². The van der Waals surface area contributed by atoms with E-state index in [1.807, 2.05) is 0 Å². The number of hydrogen-bond acceptors (Lipinski definition) is 7. The Balaban J connectivity index is 1.66. The minimum Gasteiger partial charge on any atom is -0.494 e. The summed E-state index contributed by atoms with van der Waals surface area (Å²) in [6.07, 6.45) is 1.27. The minimum absolute atomic E-state index is 0.0462. The number of barbiturate groups is 1. The van der Waals surface area contributed by atoms with Gasteiger partial charge in [-0.3, -0.25) is 14.9 Å². The van der Waals surface area contributed by atoms with Crippen molar-refractivity contribution in [3.63, 3.8) is 0 Å². The molecule has 0 aliphatic carbocycles. The van der Waals surface area contributed by atoms with Crippen molar-refractivity contribution in [3.05, 3.63) is 86.9 Å². The van der Waals surface area contributed by atoms with Gasteiger partial charge in [0.25, 0.3) is 11.8 Å². The Kier molecular flexibility index (Phi) is 8.94. The molecule has 3 aromatic carbocycles. The molecule has 11 heteroatoms. The predicted molar refractivity (Wildman–Crippen MR) is 150 cm³/mol. The lowest BCUT2D eigenvalue weighted by Crippen LogP contribution is -2.54. The number of nitrogens with one attached hydrogen (secondary N) is 1. The second-order valence-corrected chi connectivity index (χ2v) is 9.14. The summed E-state index contributed by atoms with van der Waals surface area (Å²) in [4.78, 5) is 39.8. The zero-order valence-corrected chi connectivity index (χ0v) is 23.0. The van der Waals surface area contributed by atoms with Crippen LogP contribution >= 0.6 is 23.2 Å². The van der Waals surface area contributed by atoms with Crippen LogP contribution in [0.25, 0.3) is 6.08 Å². The van der Waals surface area contributed by atoms with Gasteiger partial charge < -0.3 is 14.2 Å². The van der Waals surface area contributed by atoms with Gasteiger partial charge in [-0.15, -0.1) is 0 Å². The first kappa shape index (κ1) is 28.5. The smallest absolute Gasteiger partial charge is 0.336 e. The van der Waals surface area contributed by atoms with Crippen LogP contribution in [0.15, 0.2) is 60.2 Å². The largest absolute Gasteiger partial charge is 0.494 e. The molecule has 1 aliphatic heterocycles. The molecule has 3 aromatic rings. The SMILES string of the molecule is CCOc1ccc(OCC)c(N2C(=O)NC(=O)/C(=C\c3cc(Cl)c(OCc4ccccc4C#N)c(Cl)c3)C2=O)c1. The molecule has 9 nitrogen and oxygen atoms in total. The summed E-state index contributed by atoms with van der Waals surface area (Å²) >= 11 is 12.9. The fourth-order valence-corrected chi connectivity index (χ4v) is 4.57. The van der Waals surface area contributed by atoms with Crippen molar-refractivity contribution in [3.8, 4) is 23.3 Å². The predicted octanol–water partition coefficient (Wildman–Crippen LogP) is 5.91. The zero-order chi connectivity index (χ0) is 28.8. The summed E-state index contributed by atoms with van der Waals surface area (Å²) in [5, 5.41) is 11.7. The summed E-state index contributed by atoms with van der Waals surface area (Å²) in [7, 11) is 0. The van der Waals surface area contributed by atoms with Gasteiger partial charge in [-0.05, 0) is 55.8 Å². The zero-order valence-electron chi connectivity index (χ0n) is 21.5. The first-order chi connectivity index (χ1) is 19.3. The molecule has 4 rings (SSSR count). The second kappa shape index (κ2) is 12.6. The number of nitriles is 1. The van der Waals surface area contributed by atoms with Crippen LogP contribution in [0.4, 0.5) is 10.5 Å². The molecule has 204 valence electrons. The number of carbonyl (C=O) groups is 3. The molecule has 0 radical (unpaired) electrons. The number of imide groups is 2. The molecule has 1 saturated heterocycles. The van der Waals surface area contributed by atoms with Crippen LogP contribution in [0.5, 0.6) is 17.2 Å². The van der Waals surface area contributed by atoms with Gasteiger partial charge in [-0.2, -0.15) is 5.26 Å². The van der Waals surface area contributed by atoms with Gasteiger partial charge in [0, 0.05) is 11.6 Å². The molecule has 0 bridgehead atoms. The number of ether oxygens (including phenoxy) is 3. The molecule has 0 aromatic heterocycles. The molecule has 40 heavy (non-hydrogen) atoms. The number of benzene rings is 3. The average Bonchev–Trinajstić information content (AvgIpc) is 2.92. The molecule has 1 fully saturated rings. The highest BCUT2D eigenvalue weighted by Gasteiger charge is 2.38. The molecular weight excluding hydrogens is 557 g/mol. The Bertz CT molecular complexity index is 1540. The van der Waals surface area contributed by atoms with E-state index in [0.29, 0.717) is 29.0 Å². The third kappa shape index (κ3) is 6.04. The first-order valence-electron chi connectivity index (χ1n) is 12.2. The van der Waals surface area contributed by atoms with Crippen LogP contribution in [0, 0.1) is 11.3 Å². The van der Waals surface area contributed by atoms with E-state index in [0.717, 1.165) is 4.90 Å². The third-order valence-corrected chi connectivity index (χ3v) is 6.29. The number of anilines is 1. The highest BCUT2D eigenvalue weighted by molar-refractivity contribution is 6.40. The van der Waals surface area contributed by atoms with E-state index in [-0.39, 0.29) is 46.0 Å². The van der Waals surface area contributed by atoms with Crippen molar-refractivity contribution in [2.75, 3.05) is 18.1 Å². The Labute approximate surface area is 240 Å².